The van der Waals surface area contributed by atoms with Crippen LogP contribution in [0.25, 0.3) is 10.2 Å². The number of sulfone groups is 1. The highest BCUT2D eigenvalue weighted by Crippen LogP contribution is 2.24. The number of methoxy groups -OCH3 is 1. The molecular weight excluding hydrogens is 466 g/mol. The molecule has 0 N–H and O–H groups in total. The summed E-state index contributed by atoms with van der Waals surface area (Å²) in [6.07, 6.45) is 1.44. The topological polar surface area (TPSA) is 115 Å². The summed E-state index contributed by atoms with van der Waals surface area (Å²) in [5, 5.41) is 0. The molecule has 2 heterocycles. The van der Waals surface area contributed by atoms with Gasteiger partial charge in [0.25, 0.3) is 5.91 Å². The Labute approximate surface area is 193 Å². The molecule has 2 aromatic carbocycles. The van der Waals surface area contributed by atoms with Gasteiger partial charge >= 0.3 is 0 Å². The minimum Gasteiger partial charge on any atom is -0.383 e. The number of carbonyl (C=O) groups excluding carboxylic acids is 3. The smallest absolute Gasteiger partial charge is 0.279 e. The van der Waals surface area contributed by atoms with Crippen molar-refractivity contribution in [2.45, 2.75) is 24.3 Å². The number of thiazole rings is 1. The van der Waals surface area contributed by atoms with Crippen LogP contribution in [0.5, 0.6) is 0 Å². The van der Waals surface area contributed by atoms with E-state index in [1.165, 1.54) is 23.5 Å². The monoisotopic (exact) mass is 487 g/mol. The van der Waals surface area contributed by atoms with Gasteiger partial charge in [0.2, 0.25) is 11.8 Å². The fourth-order valence-electron chi connectivity index (χ4n) is 3.56. The molecule has 0 saturated carbocycles. The van der Waals surface area contributed by atoms with Gasteiger partial charge in [-0.25, -0.2) is 8.42 Å². The predicted octanol–water partition coefficient (Wildman–Crippen LogP) is 2.15. The molecule has 0 radical (unpaired) electrons. The Morgan fingerprint density at radius 1 is 1.12 bits per heavy atom. The first-order valence-corrected chi connectivity index (χ1v) is 12.8. The lowest BCUT2D eigenvalue weighted by molar-refractivity contribution is -0.121. The molecule has 9 nitrogen and oxygen atoms in total. The highest BCUT2D eigenvalue weighted by Gasteiger charge is 2.30. The van der Waals surface area contributed by atoms with Crippen LogP contribution in [-0.2, 0) is 30.7 Å². The van der Waals surface area contributed by atoms with Crippen LogP contribution in [0.15, 0.2) is 52.4 Å². The van der Waals surface area contributed by atoms with Gasteiger partial charge in [-0.05, 0) is 36.4 Å². The summed E-state index contributed by atoms with van der Waals surface area (Å²) >= 11 is 1.19. The zero-order chi connectivity index (χ0) is 23.8. The number of hydrogen-bond acceptors (Lipinski definition) is 7. The lowest BCUT2D eigenvalue weighted by Gasteiger charge is -2.14. The summed E-state index contributed by atoms with van der Waals surface area (Å²) in [5.74, 6) is -1.15. The van der Waals surface area contributed by atoms with Crippen molar-refractivity contribution in [2.75, 3.05) is 24.9 Å². The predicted molar refractivity (Wildman–Crippen MR) is 123 cm³/mol. The third kappa shape index (κ3) is 4.65. The van der Waals surface area contributed by atoms with E-state index in [0.717, 1.165) is 16.7 Å². The number of nitrogens with zero attached hydrogens (tertiary/aromatic N) is 3. The Balaban J connectivity index is 1.77. The highest BCUT2D eigenvalue weighted by molar-refractivity contribution is 7.90. The third-order valence-corrected chi connectivity index (χ3v) is 7.35. The van der Waals surface area contributed by atoms with Gasteiger partial charge in [-0.2, -0.15) is 4.99 Å². The van der Waals surface area contributed by atoms with Crippen LogP contribution in [-0.4, -0.2) is 50.7 Å². The van der Waals surface area contributed by atoms with Crippen LogP contribution in [0.2, 0.25) is 0 Å². The minimum absolute atomic E-state index is 0.151. The van der Waals surface area contributed by atoms with Crippen molar-refractivity contribution < 1.29 is 27.5 Å². The molecule has 11 heteroatoms. The number of carbonyl (C=O) groups is 3. The zero-order valence-corrected chi connectivity index (χ0v) is 19.6. The summed E-state index contributed by atoms with van der Waals surface area (Å²) in [5.41, 5.74) is 1.30. The van der Waals surface area contributed by atoms with Crippen LogP contribution in [0, 0.1) is 0 Å². The average Bonchev–Trinajstić information content (AvgIpc) is 3.29. The van der Waals surface area contributed by atoms with E-state index < -0.39 is 15.7 Å². The number of imide groups is 1. The van der Waals surface area contributed by atoms with E-state index in [9.17, 15) is 22.8 Å². The van der Waals surface area contributed by atoms with Crippen molar-refractivity contribution in [1.82, 2.24) is 4.57 Å². The first kappa shape index (κ1) is 23.0. The van der Waals surface area contributed by atoms with Crippen LogP contribution in [0.3, 0.4) is 0 Å². The minimum atomic E-state index is -3.39. The maximum atomic E-state index is 13.0. The Morgan fingerprint density at radius 2 is 1.85 bits per heavy atom. The molecule has 1 aliphatic rings. The molecule has 0 unspecified atom stereocenters. The lowest BCUT2D eigenvalue weighted by Crippen LogP contribution is -2.28. The Morgan fingerprint density at radius 3 is 2.52 bits per heavy atom. The summed E-state index contributed by atoms with van der Waals surface area (Å²) < 4.78 is 31.5. The van der Waals surface area contributed by atoms with Gasteiger partial charge in [-0.1, -0.05) is 17.4 Å². The molecule has 1 saturated heterocycles. The number of aromatic nitrogens is 1. The molecule has 0 spiro atoms. The number of fused-ring (bicyclic) bond motifs is 1. The number of rotatable bonds is 6. The summed E-state index contributed by atoms with van der Waals surface area (Å²) in [6, 6.07) is 11.0. The molecule has 1 fully saturated rings. The molecule has 172 valence electrons. The normalized spacial score (nSPS) is 15.1. The lowest BCUT2D eigenvalue weighted by atomic mass is 10.2. The first-order valence-electron chi connectivity index (χ1n) is 10.1. The second kappa shape index (κ2) is 9.00. The molecular formula is C22H21N3O6S2. The number of ether oxygens (including phenoxy) is 1. The second-order valence-electron chi connectivity index (χ2n) is 7.52. The SMILES string of the molecule is COCCn1c(=NC(=O)c2cccc(N3C(=O)CCC3=O)c2)sc2cc(S(C)(=O)=O)ccc21. The fraction of sp³-hybridized carbons (Fsp3) is 0.273. The van der Waals surface area contributed by atoms with Gasteiger partial charge in [0.1, 0.15) is 0 Å². The largest absolute Gasteiger partial charge is 0.383 e. The number of amides is 3. The highest BCUT2D eigenvalue weighted by atomic mass is 32.2. The molecule has 0 atom stereocenters. The van der Waals surface area contributed by atoms with Crippen LogP contribution < -0.4 is 9.70 Å². The molecule has 0 aliphatic carbocycles. The van der Waals surface area contributed by atoms with Gasteiger partial charge < -0.3 is 9.30 Å². The molecule has 3 amide bonds. The van der Waals surface area contributed by atoms with Gasteiger partial charge in [-0.15, -0.1) is 0 Å². The summed E-state index contributed by atoms with van der Waals surface area (Å²) in [6.45, 7) is 0.785. The first-order chi connectivity index (χ1) is 15.7. The van der Waals surface area contributed by atoms with Crippen molar-refractivity contribution in [3.8, 4) is 0 Å². The van der Waals surface area contributed by atoms with E-state index >= 15 is 0 Å². The van der Waals surface area contributed by atoms with Gasteiger partial charge in [0.15, 0.2) is 14.6 Å². The van der Waals surface area contributed by atoms with E-state index in [2.05, 4.69) is 4.99 Å². The maximum absolute atomic E-state index is 13.0. The van der Waals surface area contributed by atoms with Gasteiger partial charge in [-0.3, -0.25) is 19.3 Å². The van der Waals surface area contributed by atoms with E-state index in [-0.39, 0.29) is 35.1 Å². The number of anilines is 1. The molecule has 1 aliphatic heterocycles. The summed E-state index contributed by atoms with van der Waals surface area (Å²) in [7, 11) is -1.83. The van der Waals surface area contributed by atoms with Crippen molar-refractivity contribution in [2.24, 2.45) is 4.99 Å². The standard InChI is InChI=1S/C22H21N3O6S2/c1-31-11-10-24-17-7-6-16(33(2,29)30)13-18(17)32-22(24)23-21(28)14-4-3-5-15(12-14)25-19(26)8-9-20(25)27/h3-7,12-13H,8-11H2,1-2H3. The van der Waals surface area contributed by atoms with E-state index in [1.807, 2.05) is 0 Å². The molecule has 1 aromatic heterocycles. The third-order valence-electron chi connectivity index (χ3n) is 5.20. The molecule has 3 aromatic rings. The number of benzene rings is 2. The molecule has 33 heavy (non-hydrogen) atoms. The zero-order valence-electron chi connectivity index (χ0n) is 18.0. The van der Waals surface area contributed by atoms with Crippen LogP contribution >= 0.6 is 11.3 Å². The van der Waals surface area contributed by atoms with Gasteiger partial charge in [0, 0.05) is 38.3 Å². The van der Waals surface area contributed by atoms with Crippen molar-refractivity contribution in [3.05, 3.63) is 52.8 Å². The summed E-state index contributed by atoms with van der Waals surface area (Å²) in [4.78, 5) is 43.0. The number of hydrogen-bond donors (Lipinski definition) is 0. The van der Waals surface area contributed by atoms with Crippen LogP contribution in [0.4, 0.5) is 5.69 Å². The van der Waals surface area contributed by atoms with E-state index in [4.69, 9.17) is 4.74 Å². The fourth-order valence-corrected chi connectivity index (χ4v) is 5.38. The molecule has 0 bridgehead atoms. The van der Waals surface area contributed by atoms with Crippen molar-refractivity contribution in [1.29, 1.82) is 0 Å². The van der Waals surface area contributed by atoms with Crippen molar-refractivity contribution in [3.63, 3.8) is 0 Å². The second-order valence-corrected chi connectivity index (χ2v) is 10.5. The maximum Gasteiger partial charge on any atom is 0.279 e. The Kier molecular flexibility index (Phi) is 6.28. The average molecular weight is 488 g/mol. The molecule has 4 rings (SSSR count). The Hall–Kier alpha value is -3.15. The van der Waals surface area contributed by atoms with Crippen molar-refractivity contribution >= 4 is 54.8 Å². The van der Waals surface area contributed by atoms with E-state index in [0.29, 0.717) is 28.3 Å². The quantitative estimate of drug-likeness (QED) is 0.492. The van der Waals surface area contributed by atoms with E-state index in [1.54, 1.807) is 42.0 Å². The van der Waals surface area contributed by atoms with Crippen LogP contribution in [0.1, 0.15) is 23.2 Å². The van der Waals surface area contributed by atoms with Gasteiger partial charge in [0.05, 0.1) is 27.4 Å². The Bertz CT molecular complexity index is 1440.